The van der Waals surface area contributed by atoms with Gasteiger partial charge in [0.1, 0.15) is 0 Å². The number of piperazine rings is 1. The van der Waals surface area contributed by atoms with Gasteiger partial charge in [-0.25, -0.2) is 0 Å². The Kier molecular flexibility index (Phi) is 7.37. The van der Waals surface area contributed by atoms with Gasteiger partial charge in [-0.15, -0.1) is 0 Å². The Bertz CT molecular complexity index is 787. The third-order valence-electron chi connectivity index (χ3n) is 5.79. The van der Waals surface area contributed by atoms with Gasteiger partial charge in [-0.2, -0.15) is 17.0 Å². The van der Waals surface area contributed by atoms with Crippen molar-refractivity contribution in [3.63, 3.8) is 0 Å². The van der Waals surface area contributed by atoms with Crippen LogP contribution in [0.5, 0.6) is 11.5 Å². The molecule has 2 aliphatic rings. The average molecular weight is 426 g/mol. The van der Waals surface area contributed by atoms with Crippen molar-refractivity contribution in [3.05, 3.63) is 24.3 Å². The molecule has 9 heteroatoms. The first kappa shape index (κ1) is 21.9. The number of ether oxygens (including phenoxy) is 2. The van der Waals surface area contributed by atoms with Crippen LogP contribution in [0, 0.1) is 0 Å². The van der Waals surface area contributed by atoms with Crippen molar-refractivity contribution >= 4 is 16.1 Å². The number of methoxy groups -OCH3 is 1. The van der Waals surface area contributed by atoms with Crippen LogP contribution in [0.25, 0.3) is 0 Å². The molecular formula is C20H31N3O5S. The molecule has 1 amide bonds. The summed E-state index contributed by atoms with van der Waals surface area (Å²) >= 11 is 0. The Morgan fingerprint density at radius 1 is 1.07 bits per heavy atom. The third kappa shape index (κ3) is 5.21. The summed E-state index contributed by atoms with van der Waals surface area (Å²) in [7, 11) is -0.260. The number of rotatable bonds is 7. The van der Waals surface area contributed by atoms with E-state index in [4.69, 9.17) is 9.47 Å². The van der Waals surface area contributed by atoms with Crippen LogP contribution in [0.15, 0.2) is 24.3 Å². The summed E-state index contributed by atoms with van der Waals surface area (Å²) in [5.74, 6) is 0.925. The van der Waals surface area contributed by atoms with Gasteiger partial charge in [0.15, 0.2) is 18.1 Å². The lowest BCUT2D eigenvalue weighted by molar-refractivity contribution is -0.134. The molecule has 1 saturated heterocycles. The van der Waals surface area contributed by atoms with E-state index in [1.807, 2.05) is 12.1 Å². The van der Waals surface area contributed by atoms with Gasteiger partial charge in [0.05, 0.1) is 7.11 Å². The zero-order valence-electron chi connectivity index (χ0n) is 17.2. The Balaban J connectivity index is 1.51. The minimum Gasteiger partial charge on any atom is -0.493 e. The summed E-state index contributed by atoms with van der Waals surface area (Å²) < 4.78 is 39.8. The highest BCUT2D eigenvalue weighted by Crippen LogP contribution is 2.26. The standard InChI is InChI=1S/C20H31N3O5S/c1-21(17-8-4-3-5-9-17)29(25,26)23-14-12-22(13-15-23)20(24)16-28-19-11-7-6-10-18(19)27-2/h6-7,10-11,17H,3-5,8-9,12-16H2,1-2H3. The first-order valence-electron chi connectivity index (χ1n) is 10.2. The molecule has 29 heavy (non-hydrogen) atoms. The second-order valence-electron chi connectivity index (χ2n) is 7.54. The highest BCUT2D eigenvalue weighted by Gasteiger charge is 2.35. The molecule has 0 aromatic heterocycles. The van der Waals surface area contributed by atoms with Gasteiger partial charge in [0.2, 0.25) is 0 Å². The molecule has 2 fully saturated rings. The molecular weight excluding hydrogens is 394 g/mol. The van der Waals surface area contributed by atoms with Crippen molar-refractivity contribution in [1.82, 2.24) is 13.5 Å². The summed E-state index contributed by atoms with van der Waals surface area (Å²) in [4.78, 5) is 14.1. The Hall–Kier alpha value is -1.84. The van der Waals surface area contributed by atoms with Crippen molar-refractivity contribution < 1.29 is 22.7 Å². The number of carbonyl (C=O) groups is 1. The van der Waals surface area contributed by atoms with Crippen molar-refractivity contribution in [1.29, 1.82) is 0 Å². The zero-order valence-corrected chi connectivity index (χ0v) is 18.1. The van der Waals surface area contributed by atoms with Crippen LogP contribution in [0.1, 0.15) is 32.1 Å². The van der Waals surface area contributed by atoms with E-state index in [-0.39, 0.29) is 18.6 Å². The normalized spacial score (nSPS) is 19.3. The first-order valence-corrected chi connectivity index (χ1v) is 11.6. The lowest BCUT2D eigenvalue weighted by atomic mass is 9.96. The molecule has 0 unspecified atom stereocenters. The lowest BCUT2D eigenvalue weighted by Gasteiger charge is -2.38. The largest absolute Gasteiger partial charge is 0.493 e. The van der Waals surface area contributed by atoms with E-state index < -0.39 is 10.2 Å². The number of hydrogen-bond acceptors (Lipinski definition) is 5. The van der Waals surface area contributed by atoms with E-state index in [0.717, 1.165) is 25.7 Å². The van der Waals surface area contributed by atoms with Gasteiger partial charge >= 0.3 is 0 Å². The SMILES string of the molecule is COc1ccccc1OCC(=O)N1CCN(S(=O)(=O)N(C)C2CCCCC2)CC1. The quantitative estimate of drug-likeness (QED) is 0.665. The molecule has 1 aromatic rings. The van der Waals surface area contributed by atoms with E-state index in [9.17, 15) is 13.2 Å². The van der Waals surface area contributed by atoms with Crippen LogP contribution in [-0.2, 0) is 15.0 Å². The Labute approximate surface area is 173 Å². The number of amides is 1. The van der Waals surface area contributed by atoms with Crippen LogP contribution in [0.3, 0.4) is 0 Å². The molecule has 1 aliphatic heterocycles. The van der Waals surface area contributed by atoms with Crippen LogP contribution in [0.2, 0.25) is 0 Å². The number of benzene rings is 1. The van der Waals surface area contributed by atoms with E-state index >= 15 is 0 Å². The molecule has 162 valence electrons. The molecule has 0 bridgehead atoms. The van der Waals surface area contributed by atoms with Crippen LogP contribution in [0.4, 0.5) is 0 Å². The summed E-state index contributed by atoms with van der Waals surface area (Å²) in [6.07, 6.45) is 5.20. The molecule has 1 aliphatic carbocycles. The van der Waals surface area contributed by atoms with Gasteiger partial charge in [0.25, 0.3) is 16.1 Å². The molecule has 1 heterocycles. The van der Waals surface area contributed by atoms with Crippen LogP contribution in [-0.4, -0.2) is 80.8 Å². The summed E-state index contributed by atoms with van der Waals surface area (Å²) in [5.41, 5.74) is 0. The fourth-order valence-electron chi connectivity index (χ4n) is 3.95. The third-order valence-corrected chi connectivity index (χ3v) is 7.83. The van der Waals surface area contributed by atoms with E-state index in [1.165, 1.54) is 15.0 Å². The van der Waals surface area contributed by atoms with Crippen molar-refractivity contribution in [2.45, 2.75) is 38.1 Å². The molecule has 1 saturated carbocycles. The van der Waals surface area contributed by atoms with Crippen LogP contribution < -0.4 is 9.47 Å². The van der Waals surface area contributed by atoms with Gasteiger partial charge in [-0.3, -0.25) is 4.79 Å². The van der Waals surface area contributed by atoms with Crippen molar-refractivity contribution in [2.75, 3.05) is 46.9 Å². The van der Waals surface area contributed by atoms with Gasteiger partial charge in [0, 0.05) is 39.3 Å². The minimum atomic E-state index is -3.49. The topological polar surface area (TPSA) is 79.4 Å². The monoisotopic (exact) mass is 425 g/mol. The van der Waals surface area contributed by atoms with Gasteiger partial charge < -0.3 is 14.4 Å². The lowest BCUT2D eigenvalue weighted by Crippen LogP contribution is -2.55. The molecule has 0 atom stereocenters. The fraction of sp³-hybridized carbons (Fsp3) is 0.650. The van der Waals surface area contributed by atoms with E-state index in [1.54, 1.807) is 31.2 Å². The summed E-state index contributed by atoms with van der Waals surface area (Å²) in [6, 6.07) is 7.25. The number of para-hydroxylation sites is 2. The molecule has 1 aromatic carbocycles. The van der Waals surface area contributed by atoms with Crippen molar-refractivity contribution in [3.8, 4) is 11.5 Å². The maximum atomic E-state index is 13.0. The van der Waals surface area contributed by atoms with E-state index in [2.05, 4.69) is 0 Å². The highest BCUT2D eigenvalue weighted by molar-refractivity contribution is 7.86. The molecule has 3 rings (SSSR count). The van der Waals surface area contributed by atoms with Gasteiger partial charge in [-0.1, -0.05) is 31.4 Å². The summed E-state index contributed by atoms with van der Waals surface area (Å²) in [6.45, 7) is 1.24. The van der Waals surface area contributed by atoms with Crippen LogP contribution >= 0.6 is 0 Å². The number of carbonyl (C=O) groups excluding carboxylic acids is 1. The average Bonchev–Trinajstić information content (AvgIpc) is 2.77. The number of nitrogens with zero attached hydrogens (tertiary/aromatic N) is 3. The Morgan fingerprint density at radius 2 is 1.69 bits per heavy atom. The summed E-state index contributed by atoms with van der Waals surface area (Å²) in [5, 5.41) is 0. The predicted octanol–water partition coefficient (Wildman–Crippen LogP) is 1.73. The fourth-order valence-corrected chi connectivity index (χ4v) is 5.53. The molecule has 8 nitrogen and oxygen atoms in total. The predicted molar refractivity (Wildman–Crippen MR) is 110 cm³/mol. The highest BCUT2D eigenvalue weighted by atomic mass is 32.2. The van der Waals surface area contributed by atoms with Gasteiger partial charge in [-0.05, 0) is 25.0 Å². The maximum absolute atomic E-state index is 13.0. The Morgan fingerprint density at radius 3 is 2.31 bits per heavy atom. The molecule has 0 radical (unpaired) electrons. The molecule has 0 spiro atoms. The second kappa shape index (κ2) is 9.77. The van der Waals surface area contributed by atoms with E-state index in [0.29, 0.717) is 37.7 Å². The number of hydrogen-bond donors (Lipinski definition) is 0. The first-order chi connectivity index (χ1) is 13.9. The minimum absolute atomic E-state index is 0.0858. The smallest absolute Gasteiger partial charge is 0.282 e. The maximum Gasteiger partial charge on any atom is 0.282 e. The zero-order chi connectivity index (χ0) is 20.9. The van der Waals surface area contributed by atoms with Crippen molar-refractivity contribution in [2.24, 2.45) is 0 Å². The molecule has 0 N–H and O–H groups in total. The second-order valence-corrected chi connectivity index (χ2v) is 9.52.